The van der Waals surface area contributed by atoms with E-state index in [1.54, 1.807) is 6.08 Å². The van der Waals surface area contributed by atoms with Crippen molar-refractivity contribution in [3.05, 3.63) is 10.6 Å². The van der Waals surface area contributed by atoms with Gasteiger partial charge in [-0.1, -0.05) is 6.08 Å². The van der Waals surface area contributed by atoms with E-state index in [0.717, 1.165) is 6.34 Å². The average Bonchev–Trinajstić information content (AvgIpc) is 1.87. The molecule has 0 aliphatic carbocycles. The van der Waals surface area contributed by atoms with E-state index in [2.05, 4.69) is 20.9 Å². The van der Waals surface area contributed by atoms with Gasteiger partial charge in [-0.15, -0.1) is 0 Å². The Morgan fingerprint density at radius 1 is 1.78 bits per heavy atom. The van der Waals surface area contributed by atoms with Gasteiger partial charge in [0.1, 0.15) is 12.2 Å². The highest BCUT2D eigenvalue weighted by atomic mass is 79.9. The Morgan fingerprint density at radius 2 is 2.33 bits per heavy atom. The molecule has 0 bridgehead atoms. The quantitative estimate of drug-likeness (QED) is 0.499. The predicted molar refractivity (Wildman–Crippen MR) is 43.1 cm³/mol. The Balaban J connectivity index is 4.19. The molecule has 0 saturated carbocycles. The zero-order valence-corrected chi connectivity index (χ0v) is 6.64. The van der Waals surface area contributed by atoms with Gasteiger partial charge in [-0.25, -0.2) is 4.99 Å². The fourth-order valence-electron chi connectivity index (χ4n) is 0.279. The van der Waals surface area contributed by atoms with E-state index >= 15 is 0 Å². The lowest BCUT2D eigenvalue weighted by molar-refractivity contribution is 1.49. The molecule has 0 atom stereocenters. The van der Waals surface area contributed by atoms with Crippen molar-refractivity contribution in [1.82, 2.24) is 0 Å². The van der Waals surface area contributed by atoms with Crippen molar-refractivity contribution in [2.75, 3.05) is 0 Å². The van der Waals surface area contributed by atoms with Crippen LogP contribution in [0.25, 0.3) is 0 Å². The van der Waals surface area contributed by atoms with Gasteiger partial charge in [0, 0.05) is 0 Å². The van der Waals surface area contributed by atoms with Crippen LogP contribution in [0.2, 0.25) is 0 Å². The standard InChI is InChI=1S/C5H8BrN3/c1-2-4(6)5(8)9-3-7/h2-3H,1H3,(H3,7,8,9)/b4-2+. The van der Waals surface area contributed by atoms with Crippen LogP contribution in [-0.4, -0.2) is 12.2 Å². The maximum Gasteiger partial charge on any atom is 0.139 e. The molecule has 0 radical (unpaired) electrons. The van der Waals surface area contributed by atoms with Crippen LogP contribution in [0, 0.1) is 5.41 Å². The lowest BCUT2D eigenvalue weighted by Crippen LogP contribution is -2.11. The lowest BCUT2D eigenvalue weighted by Gasteiger charge is -1.91. The fraction of sp³-hybridized carbons (Fsp3) is 0.200. The summed E-state index contributed by atoms with van der Waals surface area (Å²) < 4.78 is 0.714. The van der Waals surface area contributed by atoms with Crippen molar-refractivity contribution in [3.8, 4) is 0 Å². The van der Waals surface area contributed by atoms with Crippen LogP contribution in [0.4, 0.5) is 0 Å². The van der Waals surface area contributed by atoms with E-state index in [1.165, 1.54) is 0 Å². The molecular weight excluding hydrogens is 182 g/mol. The maximum atomic E-state index is 6.56. The van der Waals surface area contributed by atoms with Gasteiger partial charge in [-0.05, 0) is 22.9 Å². The van der Waals surface area contributed by atoms with Crippen molar-refractivity contribution in [1.29, 1.82) is 5.41 Å². The number of nitrogens with zero attached hydrogens (tertiary/aromatic N) is 1. The van der Waals surface area contributed by atoms with Crippen LogP contribution < -0.4 is 5.73 Å². The van der Waals surface area contributed by atoms with Gasteiger partial charge >= 0.3 is 0 Å². The zero-order chi connectivity index (χ0) is 7.28. The molecule has 0 aromatic heterocycles. The van der Waals surface area contributed by atoms with Crippen LogP contribution >= 0.6 is 15.9 Å². The summed E-state index contributed by atoms with van der Waals surface area (Å²) in [5.74, 6) is 0.326. The molecule has 0 saturated heterocycles. The Morgan fingerprint density at radius 3 is 2.67 bits per heavy atom. The molecule has 4 heteroatoms. The number of nitrogens with two attached hydrogens (primary N) is 1. The molecule has 3 nitrogen and oxygen atoms in total. The molecule has 50 valence electrons. The molecule has 0 amide bonds. The first kappa shape index (κ1) is 8.36. The van der Waals surface area contributed by atoms with Gasteiger partial charge in [-0.3, -0.25) is 5.41 Å². The van der Waals surface area contributed by atoms with Gasteiger partial charge < -0.3 is 5.73 Å². The molecule has 0 rings (SSSR count). The summed E-state index contributed by atoms with van der Waals surface area (Å²) in [6, 6.07) is 0. The third-order valence-corrected chi connectivity index (χ3v) is 1.57. The van der Waals surface area contributed by atoms with Crippen molar-refractivity contribution in [2.45, 2.75) is 6.92 Å². The van der Waals surface area contributed by atoms with Gasteiger partial charge in [0.05, 0.1) is 4.48 Å². The SMILES string of the molecule is C/C=C(Br)\C(N)=N/C=N. The van der Waals surface area contributed by atoms with E-state index in [4.69, 9.17) is 11.1 Å². The lowest BCUT2D eigenvalue weighted by atomic mass is 10.5. The van der Waals surface area contributed by atoms with E-state index in [1.807, 2.05) is 6.92 Å². The Kier molecular flexibility index (Phi) is 3.96. The minimum Gasteiger partial charge on any atom is -0.383 e. The molecule has 0 aromatic rings. The normalized spacial score (nSPS) is 13.6. The summed E-state index contributed by atoms with van der Waals surface area (Å²) in [4.78, 5) is 3.52. The van der Waals surface area contributed by atoms with Crippen LogP contribution in [0.3, 0.4) is 0 Å². The van der Waals surface area contributed by atoms with E-state index < -0.39 is 0 Å². The van der Waals surface area contributed by atoms with Gasteiger partial charge in [-0.2, -0.15) is 0 Å². The van der Waals surface area contributed by atoms with Crippen LogP contribution in [0.5, 0.6) is 0 Å². The molecular formula is C5H8BrN3. The molecule has 0 unspecified atom stereocenters. The second-order valence-corrected chi connectivity index (χ2v) is 2.13. The molecule has 0 fully saturated rings. The number of aliphatic imine (C=N–C) groups is 1. The third kappa shape index (κ3) is 3.03. The maximum absolute atomic E-state index is 6.56. The second kappa shape index (κ2) is 4.26. The number of hydrogen-bond donors (Lipinski definition) is 2. The highest BCUT2D eigenvalue weighted by Crippen LogP contribution is 2.02. The van der Waals surface area contributed by atoms with Gasteiger partial charge in [0.15, 0.2) is 0 Å². The minimum absolute atomic E-state index is 0.326. The third-order valence-electron chi connectivity index (χ3n) is 0.702. The number of halogens is 1. The Hall–Kier alpha value is -0.640. The fourth-order valence-corrected chi connectivity index (χ4v) is 0.381. The highest BCUT2D eigenvalue weighted by molar-refractivity contribution is 9.12. The minimum atomic E-state index is 0.326. The first-order chi connectivity index (χ1) is 4.22. The summed E-state index contributed by atoms with van der Waals surface area (Å²) in [5, 5.41) is 6.56. The monoisotopic (exact) mass is 189 g/mol. The molecule has 3 N–H and O–H groups in total. The predicted octanol–water partition coefficient (Wildman–Crippen LogP) is 1.25. The van der Waals surface area contributed by atoms with Crippen LogP contribution in [-0.2, 0) is 0 Å². The number of amidine groups is 1. The molecule has 0 aliphatic rings. The summed E-state index contributed by atoms with van der Waals surface area (Å²) >= 11 is 3.15. The summed E-state index contributed by atoms with van der Waals surface area (Å²) in [6.07, 6.45) is 2.67. The van der Waals surface area contributed by atoms with Gasteiger partial charge in [0.25, 0.3) is 0 Å². The Bertz CT molecular complexity index is 160. The Labute approximate surface area is 62.3 Å². The van der Waals surface area contributed by atoms with Crippen molar-refractivity contribution in [3.63, 3.8) is 0 Å². The average molecular weight is 190 g/mol. The molecule has 0 aliphatic heterocycles. The van der Waals surface area contributed by atoms with Crippen LogP contribution in [0.15, 0.2) is 15.6 Å². The van der Waals surface area contributed by atoms with Gasteiger partial charge in [0.2, 0.25) is 0 Å². The van der Waals surface area contributed by atoms with E-state index in [0.29, 0.717) is 10.3 Å². The molecule has 0 spiro atoms. The first-order valence-corrected chi connectivity index (χ1v) is 3.16. The smallest absolute Gasteiger partial charge is 0.139 e. The molecule has 0 aromatic carbocycles. The van der Waals surface area contributed by atoms with Crippen LogP contribution in [0.1, 0.15) is 6.92 Å². The summed E-state index contributed by atoms with van der Waals surface area (Å²) in [7, 11) is 0. The van der Waals surface area contributed by atoms with E-state index in [9.17, 15) is 0 Å². The number of rotatable bonds is 2. The zero-order valence-electron chi connectivity index (χ0n) is 5.06. The largest absolute Gasteiger partial charge is 0.383 e. The van der Waals surface area contributed by atoms with Crippen molar-refractivity contribution >= 4 is 28.1 Å². The summed E-state index contributed by atoms with van der Waals surface area (Å²) in [6.45, 7) is 1.83. The number of nitrogens with one attached hydrogen (secondary N) is 1. The number of allylic oxidation sites excluding steroid dienone is 1. The number of hydrogen-bond acceptors (Lipinski definition) is 1. The van der Waals surface area contributed by atoms with E-state index in [-0.39, 0.29) is 0 Å². The summed E-state index contributed by atoms with van der Waals surface area (Å²) in [5.41, 5.74) is 5.32. The highest BCUT2D eigenvalue weighted by Gasteiger charge is 1.91. The molecule has 9 heavy (non-hydrogen) atoms. The second-order valence-electron chi connectivity index (χ2n) is 1.28. The van der Waals surface area contributed by atoms with Crippen molar-refractivity contribution < 1.29 is 0 Å². The molecule has 0 heterocycles. The topological polar surface area (TPSA) is 62.2 Å². The first-order valence-electron chi connectivity index (χ1n) is 2.36. The van der Waals surface area contributed by atoms with Crippen molar-refractivity contribution in [2.24, 2.45) is 10.7 Å².